The van der Waals surface area contributed by atoms with E-state index in [0.717, 1.165) is 28.5 Å². The van der Waals surface area contributed by atoms with E-state index >= 15 is 0 Å². The third-order valence-corrected chi connectivity index (χ3v) is 5.92. The van der Waals surface area contributed by atoms with E-state index in [-0.39, 0.29) is 23.6 Å². The van der Waals surface area contributed by atoms with Gasteiger partial charge in [0.1, 0.15) is 12.4 Å². The van der Waals surface area contributed by atoms with E-state index in [1.165, 1.54) is 17.0 Å². The van der Waals surface area contributed by atoms with Gasteiger partial charge < -0.3 is 14.2 Å². The highest BCUT2D eigenvalue weighted by Gasteiger charge is 2.34. The molecule has 0 N–H and O–H groups in total. The highest BCUT2D eigenvalue weighted by Crippen LogP contribution is 2.37. The first-order chi connectivity index (χ1) is 16.5. The molecule has 2 amide bonds. The first-order valence-electron chi connectivity index (χ1n) is 11.0. The van der Waals surface area contributed by atoms with Gasteiger partial charge >= 0.3 is 0 Å². The summed E-state index contributed by atoms with van der Waals surface area (Å²) in [5.74, 6) is 0.468. The molecule has 0 aromatic heterocycles. The van der Waals surface area contributed by atoms with Gasteiger partial charge in [0.15, 0.2) is 11.5 Å². The topological polar surface area (TPSA) is 65.1 Å². The number of amides is 2. The minimum atomic E-state index is -0.314. The van der Waals surface area contributed by atoms with E-state index in [4.69, 9.17) is 14.2 Å². The molecular formula is C26H28FNO5S. The Morgan fingerprint density at radius 1 is 1.15 bits per heavy atom. The fourth-order valence-corrected chi connectivity index (χ4v) is 4.31. The average Bonchev–Trinajstić information content (AvgIpc) is 3.07. The molecule has 1 heterocycles. The van der Waals surface area contributed by atoms with E-state index in [1.54, 1.807) is 37.5 Å². The Hall–Kier alpha value is -3.10. The number of rotatable bonds is 12. The monoisotopic (exact) mass is 485 g/mol. The van der Waals surface area contributed by atoms with Crippen molar-refractivity contribution in [2.45, 2.75) is 26.4 Å². The zero-order valence-electron chi connectivity index (χ0n) is 19.3. The number of ether oxygens (including phenoxy) is 3. The number of carbonyl (C=O) groups is 2. The van der Waals surface area contributed by atoms with Gasteiger partial charge in [0, 0.05) is 25.8 Å². The van der Waals surface area contributed by atoms with Crippen LogP contribution >= 0.6 is 11.8 Å². The third-order valence-electron chi connectivity index (χ3n) is 5.02. The maximum atomic E-state index is 13.2. The zero-order valence-corrected chi connectivity index (χ0v) is 20.2. The second-order valence-electron chi connectivity index (χ2n) is 7.53. The minimum absolute atomic E-state index is 0.240. The highest BCUT2D eigenvalue weighted by atomic mass is 32.2. The SMILES string of the molecule is C=CCc1cc(/C=C2/SC(=O)N(CCCOC)C2=O)cc(OCC)c1OCc1ccc(F)cc1. The van der Waals surface area contributed by atoms with Gasteiger partial charge in [-0.3, -0.25) is 14.5 Å². The number of carbonyl (C=O) groups excluding carboxylic acids is 2. The molecule has 34 heavy (non-hydrogen) atoms. The number of imide groups is 1. The molecule has 2 aromatic carbocycles. The molecule has 0 bridgehead atoms. The maximum Gasteiger partial charge on any atom is 0.293 e. The molecule has 0 unspecified atom stereocenters. The molecule has 8 heteroatoms. The molecule has 0 spiro atoms. The van der Waals surface area contributed by atoms with Crippen LogP contribution in [0, 0.1) is 5.82 Å². The van der Waals surface area contributed by atoms with Crippen LogP contribution in [0.3, 0.4) is 0 Å². The van der Waals surface area contributed by atoms with Gasteiger partial charge in [-0.1, -0.05) is 18.2 Å². The molecule has 1 aliphatic heterocycles. The molecule has 0 atom stereocenters. The fourth-order valence-electron chi connectivity index (χ4n) is 3.45. The van der Waals surface area contributed by atoms with Gasteiger partial charge in [-0.2, -0.15) is 0 Å². The Morgan fingerprint density at radius 2 is 1.91 bits per heavy atom. The molecule has 1 saturated heterocycles. The number of thioether (sulfide) groups is 1. The van der Waals surface area contributed by atoms with Crippen molar-refractivity contribution in [1.82, 2.24) is 4.90 Å². The molecule has 1 fully saturated rings. The molecule has 1 aliphatic rings. The van der Waals surface area contributed by atoms with E-state index in [2.05, 4.69) is 6.58 Å². The summed E-state index contributed by atoms with van der Waals surface area (Å²) in [7, 11) is 1.58. The predicted octanol–water partition coefficient (Wildman–Crippen LogP) is 5.60. The van der Waals surface area contributed by atoms with Crippen LogP contribution < -0.4 is 9.47 Å². The molecule has 2 aromatic rings. The summed E-state index contributed by atoms with van der Waals surface area (Å²) >= 11 is 0.921. The lowest BCUT2D eigenvalue weighted by molar-refractivity contribution is -0.122. The summed E-state index contributed by atoms with van der Waals surface area (Å²) < 4.78 is 30.1. The highest BCUT2D eigenvalue weighted by molar-refractivity contribution is 8.18. The first-order valence-corrected chi connectivity index (χ1v) is 11.8. The third kappa shape index (κ3) is 6.48. The Labute approximate surface area is 203 Å². The first kappa shape index (κ1) is 25.5. The van der Waals surface area contributed by atoms with Gasteiger partial charge in [-0.15, -0.1) is 6.58 Å². The largest absolute Gasteiger partial charge is 0.490 e. The Balaban J connectivity index is 1.88. The number of allylic oxidation sites excluding steroid dienone is 1. The van der Waals surface area contributed by atoms with Crippen LogP contribution in [-0.2, 0) is 22.6 Å². The number of methoxy groups -OCH3 is 1. The van der Waals surface area contributed by atoms with Crippen molar-refractivity contribution in [2.24, 2.45) is 0 Å². The predicted molar refractivity (Wildman–Crippen MR) is 131 cm³/mol. The summed E-state index contributed by atoms with van der Waals surface area (Å²) in [4.78, 5) is 26.7. The Bertz CT molecular complexity index is 1070. The van der Waals surface area contributed by atoms with Crippen molar-refractivity contribution in [3.05, 3.63) is 76.5 Å². The summed E-state index contributed by atoms with van der Waals surface area (Å²) in [6.07, 6.45) is 4.54. The minimum Gasteiger partial charge on any atom is -0.490 e. The quantitative estimate of drug-likeness (QED) is 0.221. The van der Waals surface area contributed by atoms with Crippen molar-refractivity contribution in [2.75, 3.05) is 26.9 Å². The van der Waals surface area contributed by atoms with Crippen molar-refractivity contribution in [1.29, 1.82) is 0 Å². The lowest BCUT2D eigenvalue weighted by Gasteiger charge is -2.17. The number of nitrogens with zero attached hydrogens (tertiary/aromatic N) is 1. The number of hydrogen-bond donors (Lipinski definition) is 0. The van der Waals surface area contributed by atoms with Crippen LogP contribution in [0.5, 0.6) is 11.5 Å². The number of benzene rings is 2. The van der Waals surface area contributed by atoms with Crippen LogP contribution in [0.4, 0.5) is 9.18 Å². The van der Waals surface area contributed by atoms with Crippen molar-refractivity contribution in [3.63, 3.8) is 0 Å². The number of hydrogen-bond acceptors (Lipinski definition) is 6. The molecule has 0 radical (unpaired) electrons. The van der Waals surface area contributed by atoms with E-state index in [1.807, 2.05) is 13.0 Å². The fraction of sp³-hybridized carbons (Fsp3) is 0.308. The van der Waals surface area contributed by atoms with Crippen LogP contribution in [0.2, 0.25) is 0 Å². The summed E-state index contributed by atoms with van der Waals surface area (Å²) in [6.45, 7) is 7.15. The van der Waals surface area contributed by atoms with Crippen LogP contribution in [0.1, 0.15) is 30.0 Å². The summed E-state index contributed by atoms with van der Waals surface area (Å²) in [5.41, 5.74) is 2.37. The van der Waals surface area contributed by atoms with Gasteiger partial charge in [-0.05, 0) is 73.0 Å². The lowest BCUT2D eigenvalue weighted by atomic mass is 10.0. The van der Waals surface area contributed by atoms with Crippen molar-refractivity contribution in [3.8, 4) is 11.5 Å². The van der Waals surface area contributed by atoms with Gasteiger partial charge in [-0.25, -0.2) is 4.39 Å². The van der Waals surface area contributed by atoms with Crippen LogP contribution in [-0.4, -0.2) is 42.9 Å². The molecule has 0 saturated carbocycles. The second kappa shape index (κ2) is 12.4. The smallest absolute Gasteiger partial charge is 0.293 e. The van der Waals surface area contributed by atoms with Gasteiger partial charge in [0.05, 0.1) is 11.5 Å². The van der Waals surface area contributed by atoms with Gasteiger partial charge in [0.2, 0.25) is 0 Å². The number of halogens is 1. The second-order valence-corrected chi connectivity index (χ2v) is 8.52. The average molecular weight is 486 g/mol. The molecule has 180 valence electrons. The Morgan fingerprint density at radius 3 is 2.59 bits per heavy atom. The van der Waals surface area contributed by atoms with E-state index < -0.39 is 0 Å². The van der Waals surface area contributed by atoms with Crippen LogP contribution in [0.15, 0.2) is 54.0 Å². The summed E-state index contributed by atoms with van der Waals surface area (Å²) in [5, 5.41) is -0.289. The maximum absolute atomic E-state index is 13.2. The van der Waals surface area contributed by atoms with Crippen molar-refractivity contribution < 1.29 is 28.2 Å². The lowest BCUT2D eigenvalue weighted by Crippen LogP contribution is -2.29. The summed E-state index contributed by atoms with van der Waals surface area (Å²) in [6, 6.07) is 9.79. The van der Waals surface area contributed by atoms with E-state index in [9.17, 15) is 14.0 Å². The molecular weight excluding hydrogens is 457 g/mol. The Kier molecular flexibility index (Phi) is 9.30. The zero-order chi connectivity index (χ0) is 24.5. The molecule has 0 aliphatic carbocycles. The van der Waals surface area contributed by atoms with Gasteiger partial charge in [0.25, 0.3) is 11.1 Å². The van der Waals surface area contributed by atoms with Crippen molar-refractivity contribution >= 4 is 29.0 Å². The molecule has 3 rings (SSSR count). The van der Waals surface area contributed by atoms with Crippen LogP contribution in [0.25, 0.3) is 6.08 Å². The molecule has 6 nitrogen and oxygen atoms in total. The normalized spacial score (nSPS) is 14.7. The standard InChI is InChI=1S/C26H28FNO5S/c1-4-7-20-14-19(16-23-25(29)28(26(30)34-23)12-6-13-31-3)15-22(32-5-2)24(20)33-17-18-8-10-21(27)11-9-18/h4,8-11,14-16H,1,5-7,12-13,17H2,2-3H3/b23-16+. The van der Waals surface area contributed by atoms with E-state index in [0.29, 0.717) is 49.0 Å².